The lowest BCUT2D eigenvalue weighted by atomic mass is 10.2. The first-order valence-electron chi connectivity index (χ1n) is 9.04. The molecule has 0 fully saturated rings. The van der Waals surface area contributed by atoms with Gasteiger partial charge in [0, 0.05) is 42.1 Å². The molecule has 0 unspecified atom stereocenters. The Labute approximate surface area is 165 Å². The fraction of sp³-hybridized carbons (Fsp3) is 0.333. The van der Waals surface area contributed by atoms with Crippen molar-refractivity contribution in [3.8, 4) is 0 Å². The van der Waals surface area contributed by atoms with Crippen LogP contribution in [0.4, 0.5) is 17.1 Å². The Hall–Kier alpha value is -2.53. The van der Waals surface area contributed by atoms with Crippen molar-refractivity contribution in [3.63, 3.8) is 0 Å². The van der Waals surface area contributed by atoms with Crippen molar-refractivity contribution in [3.05, 3.63) is 53.1 Å². The summed E-state index contributed by atoms with van der Waals surface area (Å²) in [7, 11) is 0. The zero-order chi connectivity index (χ0) is 20.0. The summed E-state index contributed by atoms with van der Waals surface area (Å²) in [5, 5.41) is 3.37. The molecule has 1 N–H and O–H groups in total. The van der Waals surface area contributed by atoms with Gasteiger partial charge in [0.2, 0.25) is 11.8 Å². The number of benzene rings is 2. The van der Waals surface area contributed by atoms with Gasteiger partial charge in [0.1, 0.15) is 6.54 Å². The highest BCUT2D eigenvalue weighted by molar-refractivity contribution is 6.31. The average Bonchev–Trinajstić information content (AvgIpc) is 2.64. The van der Waals surface area contributed by atoms with E-state index in [0.717, 1.165) is 24.3 Å². The van der Waals surface area contributed by atoms with Crippen LogP contribution in [-0.2, 0) is 9.59 Å². The van der Waals surface area contributed by atoms with E-state index in [2.05, 4.69) is 24.1 Å². The van der Waals surface area contributed by atoms with Crippen LogP contribution in [0.2, 0.25) is 5.02 Å². The number of nitrogens with one attached hydrogen (secondary N) is 1. The normalized spacial score (nSPS) is 10.4. The summed E-state index contributed by atoms with van der Waals surface area (Å²) in [5.41, 5.74) is 3.32. The van der Waals surface area contributed by atoms with Gasteiger partial charge in [0.15, 0.2) is 0 Å². The van der Waals surface area contributed by atoms with E-state index in [4.69, 9.17) is 11.6 Å². The number of carbonyl (C=O) groups is 2. The van der Waals surface area contributed by atoms with Gasteiger partial charge < -0.3 is 15.1 Å². The first kappa shape index (κ1) is 20.8. The van der Waals surface area contributed by atoms with Gasteiger partial charge in [-0.1, -0.05) is 17.7 Å². The van der Waals surface area contributed by atoms with E-state index in [-0.39, 0.29) is 18.4 Å². The molecule has 2 aromatic carbocycles. The van der Waals surface area contributed by atoms with Crippen LogP contribution in [0.1, 0.15) is 26.3 Å². The van der Waals surface area contributed by atoms with Crippen LogP contribution in [0, 0.1) is 6.92 Å². The van der Waals surface area contributed by atoms with Crippen molar-refractivity contribution in [2.24, 2.45) is 0 Å². The molecule has 2 rings (SSSR count). The molecule has 0 radical (unpaired) electrons. The lowest BCUT2D eigenvalue weighted by Gasteiger charge is -2.24. The molecule has 27 heavy (non-hydrogen) atoms. The molecule has 0 aliphatic heterocycles. The van der Waals surface area contributed by atoms with E-state index in [0.29, 0.717) is 16.4 Å². The molecule has 0 saturated heterocycles. The Morgan fingerprint density at radius 3 is 2.11 bits per heavy atom. The highest BCUT2D eigenvalue weighted by Crippen LogP contribution is 2.22. The number of hydrogen-bond acceptors (Lipinski definition) is 3. The summed E-state index contributed by atoms with van der Waals surface area (Å²) in [4.78, 5) is 28.2. The van der Waals surface area contributed by atoms with Gasteiger partial charge in [0.05, 0.1) is 0 Å². The third-order valence-electron chi connectivity index (χ3n) is 4.43. The largest absolute Gasteiger partial charge is 0.372 e. The van der Waals surface area contributed by atoms with Crippen molar-refractivity contribution in [2.45, 2.75) is 27.7 Å². The Morgan fingerprint density at radius 1 is 1.00 bits per heavy atom. The minimum absolute atomic E-state index is 0.0640. The molecule has 0 aliphatic rings. The van der Waals surface area contributed by atoms with Crippen LogP contribution in [0.15, 0.2) is 42.5 Å². The molecule has 0 heterocycles. The minimum atomic E-state index is -0.280. The van der Waals surface area contributed by atoms with Crippen LogP contribution < -0.4 is 15.1 Å². The van der Waals surface area contributed by atoms with Crippen LogP contribution in [-0.4, -0.2) is 31.4 Å². The summed E-state index contributed by atoms with van der Waals surface area (Å²) >= 11 is 6.09. The molecule has 0 atom stereocenters. The molecular weight excluding hydrogens is 362 g/mol. The molecule has 5 nitrogen and oxygen atoms in total. The highest BCUT2D eigenvalue weighted by Gasteiger charge is 2.16. The number of nitrogens with zero attached hydrogens (tertiary/aromatic N) is 2. The number of halogens is 1. The number of rotatable bonds is 7. The van der Waals surface area contributed by atoms with E-state index >= 15 is 0 Å². The Kier molecular flexibility index (Phi) is 7.25. The molecule has 144 valence electrons. The smallest absolute Gasteiger partial charge is 0.244 e. The summed E-state index contributed by atoms with van der Waals surface area (Å²) in [5.74, 6) is -0.472. The first-order chi connectivity index (χ1) is 12.8. The molecule has 0 bridgehead atoms. The molecule has 0 aliphatic carbocycles. The molecular formula is C21H26ClN3O2. The molecule has 0 spiro atoms. The molecule has 0 aromatic heterocycles. The Balaban J connectivity index is 2.11. The molecule has 2 amide bonds. The number of hydrogen-bond donors (Lipinski definition) is 1. The monoisotopic (exact) mass is 387 g/mol. The topological polar surface area (TPSA) is 52.6 Å². The first-order valence-corrected chi connectivity index (χ1v) is 9.42. The van der Waals surface area contributed by atoms with Crippen LogP contribution >= 0.6 is 11.6 Å². The van der Waals surface area contributed by atoms with Gasteiger partial charge in [-0.15, -0.1) is 0 Å². The summed E-state index contributed by atoms with van der Waals surface area (Å²) in [6.07, 6.45) is 0. The minimum Gasteiger partial charge on any atom is -0.372 e. The van der Waals surface area contributed by atoms with Crippen molar-refractivity contribution < 1.29 is 9.59 Å². The zero-order valence-electron chi connectivity index (χ0n) is 16.3. The van der Waals surface area contributed by atoms with Gasteiger partial charge in [0.25, 0.3) is 0 Å². The summed E-state index contributed by atoms with van der Waals surface area (Å²) in [6, 6.07) is 13.0. The zero-order valence-corrected chi connectivity index (χ0v) is 17.0. The number of anilines is 3. The van der Waals surface area contributed by atoms with E-state index in [1.165, 1.54) is 11.8 Å². The number of carbonyl (C=O) groups excluding carboxylic acids is 2. The predicted octanol–water partition coefficient (Wildman–Crippen LogP) is 4.49. The van der Waals surface area contributed by atoms with E-state index in [1.807, 2.05) is 37.3 Å². The summed E-state index contributed by atoms with van der Waals surface area (Å²) in [6.45, 7) is 9.30. The second-order valence-electron chi connectivity index (χ2n) is 6.31. The van der Waals surface area contributed by atoms with Gasteiger partial charge in [-0.05, 0) is 62.7 Å². The Bertz CT molecular complexity index is 802. The number of aryl methyl sites for hydroxylation is 1. The lowest BCUT2D eigenvalue weighted by Crippen LogP contribution is -2.36. The van der Waals surface area contributed by atoms with Crippen LogP contribution in [0.25, 0.3) is 0 Å². The van der Waals surface area contributed by atoms with E-state index < -0.39 is 0 Å². The van der Waals surface area contributed by atoms with Crippen molar-refractivity contribution >= 4 is 40.5 Å². The fourth-order valence-electron chi connectivity index (χ4n) is 2.83. The molecule has 2 aromatic rings. The lowest BCUT2D eigenvalue weighted by molar-refractivity contribution is -0.120. The van der Waals surface area contributed by atoms with E-state index in [9.17, 15) is 9.59 Å². The van der Waals surface area contributed by atoms with E-state index in [1.54, 1.807) is 12.1 Å². The highest BCUT2D eigenvalue weighted by atomic mass is 35.5. The SMILES string of the molecule is CCN(CC)c1ccc(N(CC(=O)Nc2ccc(C)c(Cl)c2)C(C)=O)cc1. The van der Waals surface area contributed by atoms with Crippen LogP contribution in [0.3, 0.4) is 0 Å². The summed E-state index contributed by atoms with van der Waals surface area (Å²) < 4.78 is 0. The van der Waals surface area contributed by atoms with Crippen molar-refractivity contribution in [1.29, 1.82) is 0 Å². The average molecular weight is 388 g/mol. The van der Waals surface area contributed by atoms with Gasteiger partial charge in [-0.3, -0.25) is 9.59 Å². The second kappa shape index (κ2) is 9.42. The molecule has 6 heteroatoms. The van der Waals surface area contributed by atoms with Gasteiger partial charge in [-0.2, -0.15) is 0 Å². The van der Waals surface area contributed by atoms with Gasteiger partial charge >= 0.3 is 0 Å². The second-order valence-corrected chi connectivity index (χ2v) is 6.71. The Morgan fingerprint density at radius 2 is 1.59 bits per heavy atom. The predicted molar refractivity (Wildman–Crippen MR) is 113 cm³/mol. The standard InChI is InChI=1S/C21H26ClN3O2/c1-5-24(6-2)18-9-11-19(12-10-18)25(16(4)26)14-21(27)23-17-8-7-15(3)20(22)13-17/h7-13H,5-6,14H2,1-4H3,(H,23,27). The quantitative estimate of drug-likeness (QED) is 0.761. The van der Waals surface area contributed by atoms with Crippen molar-refractivity contribution in [1.82, 2.24) is 0 Å². The third kappa shape index (κ3) is 5.47. The van der Waals surface area contributed by atoms with Gasteiger partial charge in [-0.25, -0.2) is 0 Å². The maximum absolute atomic E-state index is 12.4. The van der Waals surface area contributed by atoms with Crippen LogP contribution in [0.5, 0.6) is 0 Å². The molecule has 0 saturated carbocycles. The third-order valence-corrected chi connectivity index (χ3v) is 4.83. The maximum Gasteiger partial charge on any atom is 0.244 e. The maximum atomic E-state index is 12.4. The fourth-order valence-corrected chi connectivity index (χ4v) is 3.01. The number of amides is 2. The van der Waals surface area contributed by atoms with Crippen molar-refractivity contribution in [2.75, 3.05) is 34.8 Å².